The van der Waals surface area contributed by atoms with Gasteiger partial charge >= 0.3 is 0 Å². The summed E-state index contributed by atoms with van der Waals surface area (Å²) < 4.78 is 0. The number of likely N-dealkylation sites (N-methyl/N-ethyl adjacent to an activating group) is 1. The highest BCUT2D eigenvalue weighted by Crippen LogP contribution is 2.10. The van der Waals surface area contributed by atoms with E-state index in [1.54, 1.807) is 24.3 Å². The van der Waals surface area contributed by atoms with Crippen LogP contribution in [0.15, 0.2) is 24.3 Å². The topological polar surface area (TPSA) is 40.5 Å². The molecule has 1 aromatic carbocycles. The second kappa shape index (κ2) is 4.77. The van der Waals surface area contributed by atoms with Crippen LogP contribution in [0, 0.1) is 0 Å². The molecule has 0 unspecified atom stereocenters. The fourth-order valence-electron chi connectivity index (χ4n) is 1.25. The molecular weight excluding hydrogens is 178 g/mol. The van der Waals surface area contributed by atoms with Crippen LogP contribution in [0.3, 0.4) is 0 Å². The molecule has 1 aromatic rings. The van der Waals surface area contributed by atoms with Crippen molar-refractivity contribution in [2.45, 2.75) is 6.42 Å². The lowest BCUT2D eigenvalue weighted by molar-refractivity contribution is -0.119. The van der Waals surface area contributed by atoms with Crippen LogP contribution >= 0.6 is 0 Å². The van der Waals surface area contributed by atoms with Crippen molar-refractivity contribution in [3.05, 3.63) is 29.8 Å². The Morgan fingerprint density at radius 3 is 2.36 bits per heavy atom. The molecule has 0 radical (unpaired) electrons. The molecule has 14 heavy (non-hydrogen) atoms. The first-order valence-electron chi connectivity index (χ1n) is 4.52. The first-order valence-corrected chi connectivity index (χ1v) is 4.52. The number of phenols is 1. The van der Waals surface area contributed by atoms with Gasteiger partial charge in [0, 0.05) is 6.42 Å². The quantitative estimate of drug-likeness (QED) is 0.777. The van der Waals surface area contributed by atoms with Gasteiger partial charge in [0.15, 0.2) is 5.78 Å². The molecule has 0 heterocycles. The van der Waals surface area contributed by atoms with E-state index in [4.69, 9.17) is 5.11 Å². The average Bonchev–Trinajstić information content (AvgIpc) is 2.07. The van der Waals surface area contributed by atoms with Crippen LogP contribution in [0.5, 0.6) is 5.75 Å². The van der Waals surface area contributed by atoms with Crippen LogP contribution in [0.4, 0.5) is 0 Å². The molecule has 76 valence electrons. The van der Waals surface area contributed by atoms with Crippen molar-refractivity contribution in [2.24, 2.45) is 0 Å². The highest BCUT2D eigenvalue weighted by Gasteiger charge is 2.04. The lowest BCUT2D eigenvalue weighted by Gasteiger charge is -2.07. The van der Waals surface area contributed by atoms with Gasteiger partial charge in [-0.1, -0.05) is 12.1 Å². The molecule has 0 fully saturated rings. The summed E-state index contributed by atoms with van der Waals surface area (Å²) in [5.41, 5.74) is 0.939. The highest BCUT2D eigenvalue weighted by molar-refractivity contribution is 5.82. The van der Waals surface area contributed by atoms with E-state index in [2.05, 4.69) is 0 Å². The van der Waals surface area contributed by atoms with Crippen LogP contribution in [0.2, 0.25) is 0 Å². The van der Waals surface area contributed by atoms with Crippen LogP contribution in [-0.2, 0) is 11.2 Å². The van der Waals surface area contributed by atoms with Crippen molar-refractivity contribution in [3.8, 4) is 5.75 Å². The molecule has 0 saturated carbocycles. The summed E-state index contributed by atoms with van der Waals surface area (Å²) in [5, 5.41) is 9.04. The first kappa shape index (κ1) is 10.7. The highest BCUT2D eigenvalue weighted by atomic mass is 16.3. The largest absolute Gasteiger partial charge is 0.508 e. The monoisotopic (exact) mass is 193 g/mol. The number of rotatable bonds is 4. The van der Waals surface area contributed by atoms with Crippen molar-refractivity contribution in [2.75, 3.05) is 20.6 Å². The van der Waals surface area contributed by atoms with E-state index < -0.39 is 0 Å². The van der Waals surface area contributed by atoms with E-state index in [1.807, 2.05) is 19.0 Å². The molecule has 0 aliphatic heterocycles. The number of benzene rings is 1. The average molecular weight is 193 g/mol. The number of phenolic OH excluding ortho intramolecular Hbond substituents is 1. The predicted octanol–water partition coefficient (Wildman–Crippen LogP) is 1.07. The molecule has 0 spiro atoms. The lowest BCUT2D eigenvalue weighted by atomic mass is 10.1. The molecule has 0 amide bonds. The minimum absolute atomic E-state index is 0.181. The van der Waals surface area contributed by atoms with Crippen LogP contribution in [-0.4, -0.2) is 36.4 Å². The Bertz CT molecular complexity index is 304. The number of Topliss-reactive ketones (excluding diaryl/α,β-unsaturated/α-hetero) is 1. The fourth-order valence-corrected chi connectivity index (χ4v) is 1.25. The van der Waals surface area contributed by atoms with Gasteiger partial charge in [0.05, 0.1) is 6.54 Å². The maximum atomic E-state index is 11.4. The number of nitrogens with zero attached hydrogens (tertiary/aromatic N) is 1. The number of carbonyl (C=O) groups excluding carboxylic acids is 1. The predicted molar refractivity (Wildman–Crippen MR) is 55.4 cm³/mol. The molecule has 0 saturated heterocycles. The number of ketones is 1. The van der Waals surface area contributed by atoms with Gasteiger partial charge in [-0.05, 0) is 31.8 Å². The number of hydrogen-bond donors (Lipinski definition) is 1. The van der Waals surface area contributed by atoms with E-state index in [1.165, 1.54) is 0 Å². The molecule has 1 rings (SSSR count). The molecule has 0 aliphatic carbocycles. The Kier molecular flexibility index (Phi) is 3.65. The zero-order valence-electron chi connectivity index (χ0n) is 8.53. The van der Waals surface area contributed by atoms with E-state index in [0.717, 1.165) is 5.56 Å². The van der Waals surface area contributed by atoms with Crippen molar-refractivity contribution >= 4 is 5.78 Å². The van der Waals surface area contributed by atoms with E-state index >= 15 is 0 Å². The third-order valence-electron chi connectivity index (χ3n) is 1.83. The normalized spacial score (nSPS) is 10.5. The molecule has 0 aromatic heterocycles. The van der Waals surface area contributed by atoms with E-state index in [-0.39, 0.29) is 11.5 Å². The zero-order chi connectivity index (χ0) is 10.6. The van der Waals surface area contributed by atoms with Gasteiger partial charge in [0.2, 0.25) is 0 Å². The number of carbonyl (C=O) groups is 1. The first-order chi connectivity index (χ1) is 6.58. The Morgan fingerprint density at radius 1 is 1.29 bits per heavy atom. The van der Waals surface area contributed by atoms with Gasteiger partial charge < -0.3 is 10.0 Å². The summed E-state index contributed by atoms with van der Waals surface area (Å²) in [6.07, 6.45) is 0.429. The molecule has 3 nitrogen and oxygen atoms in total. The number of hydrogen-bond acceptors (Lipinski definition) is 3. The fraction of sp³-hybridized carbons (Fsp3) is 0.364. The standard InChI is InChI=1S/C11H15NO2/c1-12(2)8-11(14)7-9-3-5-10(13)6-4-9/h3-6,13H,7-8H2,1-2H3. The Labute approximate surface area is 84.0 Å². The van der Waals surface area contributed by atoms with E-state index in [0.29, 0.717) is 13.0 Å². The smallest absolute Gasteiger partial charge is 0.151 e. The van der Waals surface area contributed by atoms with Gasteiger partial charge in [-0.25, -0.2) is 0 Å². The Balaban J connectivity index is 2.52. The minimum Gasteiger partial charge on any atom is -0.508 e. The Morgan fingerprint density at radius 2 is 1.86 bits per heavy atom. The van der Waals surface area contributed by atoms with E-state index in [9.17, 15) is 4.79 Å². The third-order valence-corrected chi connectivity index (χ3v) is 1.83. The minimum atomic E-state index is 0.181. The summed E-state index contributed by atoms with van der Waals surface area (Å²) in [6, 6.07) is 6.72. The molecular formula is C11H15NO2. The zero-order valence-corrected chi connectivity index (χ0v) is 8.53. The SMILES string of the molecule is CN(C)CC(=O)Cc1ccc(O)cc1. The van der Waals surface area contributed by atoms with Crippen LogP contribution < -0.4 is 0 Å². The van der Waals surface area contributed by atoms with Gasteiger partial charge in [0.25, 0.3) is 0 Å². The molecule has 0 atom stereocenters. The van der Waals surface area contributed by atoms with Gasteiger partial charge in [-0.15, -0.1) is 0 Å². The molecule has 1 N–H and O–H groups in total. The Hall–Kier alpha value is -1.35. The van der Waals surface area contributed by atoms with Gasteiger partial charge in [0.1, 0.15) is 5.75 Å². The summed E-state index contributed by atoms with van der Waals surface area (Å²) in [6.45, 7) is 0.459. The third kappa shape index (κ3) is 3.58. The van der Waals surface area contributed by atoms with Crippen molar-refractivity contribution < 1.29 is 9.90 Å². The van der Waals surface area contributed by atoms with Crippen molar-refractivity contribution in [1.82, 2.24) is 4.90 Å². The molecule has 3 heteroatoms. The summed E-state index contributed by atoms with van der Waals surface area (Å²) in [5.74, 6) is 0.412. The van der Waals surface area contributed by atoms with Crippen LogP contribution in [0.1, 0.15) is 5.56 Å². The second-order valence-corrected chi connectivity index (χ2v) is 3.62. The van der Waals surface area contributed by atoms with Crippen molar-refractivity contribution in [1.29, 1.82) is 0 Å². The van der Waals surface area contributed by atoms with Gasteiger partial charge in [-0.3, -0.25) is 4.79 Å². The maximum Gasteiger partial charge on any atom is 0.151 e. The lowest BCUT2D eigenvalue weighted by Crippen LogP contribution is -2.22. The second-order valence-electron chi connectivity index (χ2n) is 3.62. The summed E-state index contributed by atoms with van der Waals surface area (Å²) >= 11 is 0. The van der Waals surface area contributed by atoms with Crippen LogP contribution in [0.25, 0.3) is 0 Å². The summed E-state index contributed by atoms with van der Waals surface area (Å²) in [4.78, 5) is 13.3. The number of aromatic hydroxyl groups is 1. The maximum absolute atomic E-state index is 11.4. The molecule has 0 bridgehead atoms. The molecule has 0 aliphatic rings. The summed E-state index contributed by atoms with van der Waals surface area (Å²) in [7, 11) is 3.74. The van der Waals surface area contributed by atoms with Gasteiger partial charge in [-0.2, -0.15) is 0 Å². The van der Waals surface area contributed by atoms with Crippen molar-refractivity contribution in [3.63, 3.8) is 0 Å².